The van der Waals surface area contributed by atoms with Crippen LogP contribution in [0.3, 0.4) is 0 Å². The fraction of sp³-hybridized carbons (Fsp3) is 0.857. The van der Waals surface area contributed by atoms with E-state index in [1.807, 2.05) is 6.92 Å². The maximum absolute atomic E-state index is 12.2. The van der Waals surface area contributed by atoms with Gasteiger partial charge in [-0.2, -0.15) is 4.31 Å². The van der Waals surface area contributed by atoms with E-state index < -0.39 is 33.2 Å². The van der Waals surface area contributed by atoms with Crippen LogP contribution in [0.2, 0.25) is 0 Å². The number of carboxylic acids is 1. The van der Waals surface area contributed by atoms with Gasteiger partial charge in [0.1, 0.15) is 5.60 Å². The van der Waals surface area contributed by atoms with Crippen LogP contribution >= 0.6 is 0 Å². The molecule has 0 spiro atoms. The first-order valence-electron chi connectivity index (χ1n) is 7.64. The highest BCUT2D eigenvalue weighted by molar-refractivity contribution is 7.89. The van der Waals surface area contributed by atoms with E-state index in [0.717, 1.165) is 10.7 Å². The standard InChI is InChI=1S/C14H26N2O6S/c1-5-6-9-23(20,21)16-8-7-14(10-16,11(17)18)15-12(19)22-13(2,3)4/h5-10H2,1-4H3,(H,15,19)(H,17,18). The highest BCUT2D eigenvalue weighted by Gasteiger charge is 2.49. The van der Waals surface area contributed by atoms with Crippen LogP contribution in [0.4, 0.5) is 4.79 Å². The van der Waals surface area contributed by atoms with Crippen LogP contribution < -0.4 is 5.32 Å². The van der Waals surface area contributed by atoms with Gasteiger partial charge in [0.25, 0.3) is 0 Å². The quantitative estimate of drug-likeness (QED) is 0.743. The van der Waals surface area contributed by atoms with E-state index in [-0.39, 0.29) is 25.3 Å². The van der Waals surface area contributed by atoms with Crippen molar-refractivity contribution in [3.05, 3.63) is 0 Å². The predicted molar refractivity (Wildman–Crippen MR) is 84.6 cm³/mol. The number of hydrogen-bond acceptors (Lipinski definition) is 5. The molecule has 23 heavy (non-hydrogen) atoms. The summed E-state index contributed by atoms with van der Waals surface area (Å²) < 4.78 is 30.6. The van der Waals surface area contributed by atoms with Crippen LogP contribution in [-0.2, 0) is 19.6 Å². The number of carbonyl (C=O) groups is 2. The number of hydrogen-bond donors (Lipinski definition) is 2. The zero-order valence-corrected chi connectivity index (χ0v) is 14.9. The van der Waals surface area contributed by atoms with Gasteiger partial charge in [-0.05, 0) is 33.6 Å². The molecule has 1 unspecified atom stereocenters. The van der Waals surface area contributed by atoms with Gasteiger partial charge >= 0.3 is 12.1 Å². The van der Waals surface area contributed by atoms with E-state index in [2.05, 4.69) is 5.32 Å². The van der Waals surface area contributed by atoms with Gasteiger partial charge in [-0.15, -0.1) is 0 Å². The number of unbranched alkanes of at least 4 members (excludes halogenated alkanes) is 1. The third kappa shape index (κ3) is 5.35. The molecule has 1 amide bonds. The minimum Gasteiger partial charge on any atom is -0.479 e. The summed E-state index contributed by atoms with van der Waals surface area (Å²) in [4.78, 5) is 23.5. The van der Waals surface area contributed by atoms with Crippen molar-refractivity contribution in [1.29, 1.82) is 0 Å². The summed E-state index contributed by atoms with van der Waals surface area (Å²) in [5, 5.41) is 11.8. The second-order valence-electron chi connectivity index (χ2n) is 6.77. The molecule has 2 N–H and O–H groups in total. The number of ether oxygens (including phenoxy) is 1. The fourth-order valence-corrected chi connectivity index (χ4v) is 4.00. The minimum atomic E-state index is -3.52. The van der Waals surface area contributed by atoms with Gasteiger partial charge in [0.2, 0.25) is 10.0 Å². The van der Waals surface area contributed by atoms with Gasteiger partial charge in [0, 0.05) is 13.1 Å². The summed E-state index contributed by atoms with van der Waals surface area (Å²) in [5.74, 6) is -1.29. The molecule has 0 bridgehead atoms. The molecular formula is C14H26N2O6S. The Hall–Kier alpha value is -1.35. The average Bonchev–Trinajstić information content (AvgIpc) is 2.80. The summed E-state index contributed by atoms with van der Waals surface area (Å²) in [6.45, 7) is 6.65. The number of alkyl carbamates (subject to hydrolysis) is 1. The number of nitrogens with one attached hydrogen (secondary N) is 1. The first kappa shape index (κ1) is 19.7. The van der Waals surface area contributed by atoms with Crippen LogP contribution in [-0.4, -0.2) is 59.9 Å². The molecule has 0 aromatic carbocycles. The Kier molecular flexibility index (Phi) is 6.03. The largest absolute Gasteiger partial charge is 0.479 e. The normalized spacial score (nSPS) is 22.8. The van der Waals surface area contributed by atoms with Gasteiger partial charge in [0.05, 0.1) is 5.75 Å². The Bertz CT molecular complexity index is 554. The Morgan fingerprint density at radius 3 is 2.43 bits per heavy atom. The lowest BCUT2D eigenvalue weighted by Gasteiger charge is -2.28. The maximum Gasteiger partial charge on any atom is 0.408 e. The highest BCUT2D eigenvalue weighted by Crippen LogP contribution is 2.25. The van der Waals surface area contributed by atoms with E-state index in [1.165, 1.54) is 0 Å². The highest BCUT2D eigenvalue weighted by atomic mass is 32.2. The van der Waals surface area contributed by atoms with Crippen LogP contribution in [0, 0.1) is 0 Å². The van der Waals surface area contributed by atoms with Crippen molar-refractivity contribution in [2.24, 2.45) is 0 Å². The smallest absolute Gasteiger partial charge is 0.408 e. The number of carbonyl (C=O) groups excluding carboxylic acids is 1. The molecule has 0 saturated carbocycles. The van der Waals surface area contributed by atoms with Crippen molar-refractivity contribution in [2.45, 2.75) is 58.1 Å². The van der Waals surface area contributed by atoms with Gasteiger partial charge in [0.15, 0.2) is 5.54 Å². The third-order valence-electron chi connectivity index (χ3n) is 3.53. The van der Waals surface area contributed by atoms with Gasteiger partial charge in [-0.3, -0.25) is 0 Å². The SMILES string of the molecule is CCCCS(=O)(=O)N1CCC(NC(=O)OC(C)(C)C)(C(=O)O)C1. The summed E-state index contributed by atoms with van der Waals surface area (Å²) in [5.41, 5.74) is -2.42. The number of nitrogens with zero attached hydrogens (tertiary/aromatic N) is 1. The van der Waals surface area contributed by atoms with Crippen LogP contribution in [0.1, 0.15) is 47.0 Å². The summed E-state index contributed by atoms with van der Waals surface area (Å²) >= 11 is 0. The van der Waals surface area contributed by atoms with Gasteiger partial charge < -0.3 is 15.2 Å². The summed E-state index contributed by atoms with van der Waals surface area (Å²) in [6, 6.07) is 0. The fourth-order valence-electron chi connectivity index (χ4n) is 2.30. The molecule has 1 aliphatic rings. The molecule has 1 atom stereocenters. The number of amides is 1. The van der Waals surface area contributed by atoms with E-state index in [1.54, 1.807) is 20.8 Å². The zero-order valence-electron chi connectivity index (χ0n) is 14.1. The molecule has 1 fully saturated rings. The van der Waals surface area contributed by atoms with Crippen molar-refractivity contribution >= 4 is 22.1 Å². The molecule has 0 aromatic heterocycles. The Labute approximate surface area is 137 Å². The second kappa shape index (κ2) is 7.04. The molecule has 134 valence electrons. The molecule has 9 heteroatoms. The molecule has 1 rings (SSSR count). The van der Waals surface area contributed by atoms with Gasteiger partial charge in [-0.1, -0.05) is 13.3 Å². The number of sulfonamides is 1. The second-order valence-corrected chi connectivity index (χ2v) is 8.86. The van der Waals surface area contributed by atoms with Crippen molar-refractivity contribution in [1.82, 2.24) is 9.62 Å². The molecular weight excluding hydrogens is 324 g/mol. The van der Waals surface area contributed by atoms with Gasteiger partial charge in [-0.25, -0.2) is 18.0 Å². The van der Waals surface area contributed by atoms with E-state index >= 15 is 0 Å². The first-order chi connectivity index (χ1) is 10.4. The monoisotopic (exact) mass is 350 g/mol. The maximum atomic E-state index is 12.2. The average molecular weight is 350 g/mol. The van der Waals surface area contributed by atoms with Crippen molar-refractivity contribution in [2.75, 3.05) is 18.8 Å². The molecule has 0 aromatic rings. The minimum absolute atomic E-state index is 0.00688. The van der Waals surface area contributed by atoms with E-state index in [4.69, 9.17) is 4.74 Å². The molecule has 0 aliphatic carbocycles. The topological polar surface area (TPSA) is 113 Å². The number of aliphatic carboxylic acids is 1. The lowest BCUT2D eigenvalue weighted by molar-refractivity contribution is -0.144. The Morgan fingerprint density at radius 1 is 1.35 bits per heavy atom. The molecule has 0 radical (unpaired) electrons. The molecule has 1 saturated heterocycles. The Morgan fingerprint density at radius 2 is 1.96 bits per heavy atom. The van der Waals surface area contributed by atoms with Crippen molar-refractivity contribution in [3.8, 4) is 0 Å². The van der Waals surface area contributed by atoms with Crippen molar-refractivity contribution in [3.63, 3.8) is 0 Å². The number of rotatable bonds is 6. The van der Waals surface area contributed by atoms with E-state index in [9.17, 15) is 23.1 Å². The van der Waals surface area contributed by atoms with Crippen LogP contribution in [0.25, 0.3) is 0 Å². The summed E-state index contributed by atoms with van der Waals surface area (Å²) in [7, 11) is -3.52. The van der Waals surface area contributed by atoms with E-state index in [0.29, 0.717) is 6.42 Å². The zero-order chi connectivity index (χ0) is 17.9. The van der Waals surface area contributed by atoms with Crippen molar-refractivity contribution < 1.29 is 27.9 Å². The lowest BCUT2D eigenvalue weighted by atomic mass is 9.99. The lowest BCUT2D eigenvalue weighted by Crippen LogP contribution is -2.57. The summed E-state index contributed by atoms with van der Waals surface area (Å²) in [6.07, 6.45) is 0.381. The number of carboxylic acid groups (broad SMARTS) is 1. The van der Waals surface area contributed by atoms with Crippen LogP contribution in [0.5, 0.6) is 0 Å². The van der Waals surface area contributed by atoms with Crippen LogP contribution in [0.15, 0.2) is 0 Å². The Balaban J connectivity index is 2.85. The molecule has 1 aliphatic heterocycles. The third-order valence-corrected chi connectivity index (χ3v) is 5.44. The molecule has 8 nitrogen and oxygen atoms in total. The predicted octanol–water partition coefficient (Wildman–Crippen LogP) is 1.17. The first-order valence-corrected chi connectivity index (χ1v) is 9.25. The molecule has 1 heterocycles.